The molecule has 0 radical (unpaired) electrons. The van der Waals surface area contributed by atoms with Gasteiger partial charge in [0, 0.05) is 17.8 Å². The van der Waals surface area contributed by atoms with Gasteiger partial charge in [-0.05, 0) is 42.9 Å². The highest BCUT2D eigenvalue weighted by Crippen LogP contribution is 2.25. The van der Waals surface area contributed by atoms with E-state index in [0.29, 0.717) is 0 Å². The molecule has 1 aliphatic carbocycles. The Morgan fingerprint density at radius 3 is 2.94 bits per heavy atom. The molecule has 1 aliphatic rings. The van der Waals surface area contributed by atoms with E-state index in [1.807, 2.05) is 6.92 Å². The largest absolute Gasteiger partial charge is 0.323 e. The summed E-state index contributed by atoms with van der Waals surface area (Å²) < 4.78 is 0. The molecular weight excluding hydrogens is 240 g/mol. The van der Waals surface area contributed by atoms with Crippen molar-refractivity contribution in [3.63, 3.8) is 0 Å². The van der Waals surface area contributed by atoms with Crippen molar-refractivity contribution in [3.05, 3.63) is 51.0 Å². The number of aryl methyl sites for hydroxylation is 2. The molecule has 0 saturated heterocycles. The van der Waals surface area contributed by atoms with Gasteiger partial charge in [-0.2, -0.15) is 0 Å². The fourth-order valence-electron chi connectivity index (χ4n) is 2.53. The van der Waals surface area contributed by atoms with Crippen molar-refractivity contribution in [2.24, 2.45) is 5.73 Å². The van der Waals surface area contributed by atoms with Crippen LogP contribution in [0.2, 0.25) is 0 Å². The van der Waals surface area contributed by atoms with Gasteiger partial charge in [-0.1, -0.05) is 18.2 Å². The summed E-state index contributed by atoms with van der Waals surface area (Å²) in [7, 11) is 0. The van der Waals surface area contributed by atoms with Gasteiger partial charge < -0.3 is 5.73 Å². The summed E-state index contributed by atoms with van der Waals surface area (Å²) in [6, 6.07) is 6.93. The highest BCUT2D eigenvalue weighted by atomic mass is 32.1. The second-order valence-corrected chi connectivity index (χ2v) is 6.03. The van der Waals surface area contributed by atoms with Gasteiger partial charge in [-0.3, -0.25) is 0 Å². The van der Waals surface area contributed by atoms with Gasteiger partial charge >= 0.3 is 0 Å². The lowest BCUT2D eigenvalue weighted by Gasteiger charge is -2.03. The van der Waals surface area contributed by atoms with Gasteiger partial charge in [-0.25, -0.2) is 4.98 Å². The van der Waals surface area contributed by atoms with Crippen molar-refractivity contribution in [1.29, 1.82) is 0 Å². The van der Waals surface area contributed by atoms with Crippen LogP contribution < -0.4 is 5.73 Å². The molecular formula is C15H18N2S. The first-order valence-corrected chi connectivity index (χ1v) is 7.41. The van der Waals surface area contributed by atoms with Crippen molar-refractivity contribution in [2.75, 3.05) is 0 Å². The minimum atomic E-state index is 0.0371. The molecule has 2 N–H and O–H groups in total. The van der Waals surface area contributed by atoms with Gasteiger partial charge in [0.1, 0.15) is 0 Å². The van der Waals surface area contributed by atoms with Crippen LogP contribution >= 0.6 is 11.3 Å². The summed E-state index contributed by atoms with van der Waals surface area (Å²) >= 11 is 1.71. The van der Waals surface area contributed by atoms with Gasteiger partial charge in [0.2, 0.25) is 0 Å². The zero-order chi connectivity index (χ0) is 12.5. The Morgan fingerprint density at radius 2 is 2.17 bits per heavy atom. The van der Waals surface area contributed by atoms with E-state index in [0.717, 1.165) is 12.1 Å². The first-order chi connectivity index (χ1) is 8.72. The standard InChI is InChI=1S/C15H18N2S/c1-10(16)14-9-18-15(17-14)8-11-5-6-12-3-2-4-13(12)7-11/h5-7,9-10H,2-4,8,16H2,1H3. The molecule has 0 aliphatic heterocycles. The van der Waals surface area contributed by atoms with E-state index in [1.165, 1.54) is 41.0 Å². The normalized spacial score (nSPS) is 15.7. The van der Waals surface area contributed by atoms with E-state index < -0.39 is 0 Å². The lowest BCUT2D eigenvalue weighted by Crippen LogP contribution is -2.05. The molecule has 1 unspecified atom stereocenters. The molecule has 1 aromatic heterocycles. The Bertz CT molecular complexity index is 557. The molecule has 0 saturated carbocycles. The molecule has 18 heavy (non-hydrogen) atoms. The minimum Gasteiger partial charge on any atom is -0.323 e. The number of aromatic nitrogens is 1. The van der Waals surface area contributed by atoms with E-state index in [9.17, 15) is 0 Å². The molecule has 1 heterocycles. The van der Waals surface area contributed by atoms with E-state index in [-0.39, 0.29) is 6.04 Å². The zero-order valence-electron chi connectivity index (χ0n) is 10.6. The summed E-state index contributed by atoms with van der Waals surface area (Å²) in [5.41, 5.74) is 11.3. The number of nitrogens with zero attached hydrogens (tertiary/aromatic N) is 1. The number of hydrogen-bond donors (Lipinski definition) is 1. The average molecular weight is 258 g/mol. The minimum absolute atomic E-state index is 0.0371. The van der Waals surface area contributed by atoms with Crippen LogP contribution in [0.3, 0.4) is 0 Å². The molecule has 3 heteroatoms. The fraction of sp³-hybridized carbons (Fsp3) is 0.400. The maximum atomic E-state index is 5.84. The third-order valence-corrected chi connectivity index (χ3v) is 4.42. The number of benzene rings is 1. The average Bonchev–Trinajstić information content (AvgIpc) is 2.96. The quantitative estimate of drug-likeness (QED) is 0.918. The molecule has 2 nitrogen and oxygen atoms in total. The van der Waals surface area contributed by atoms with E-state index in [4.69, 9.17) is 5.73 Å². The maximum Gasteiger partial charge on any atom is 0.0972 e. The van der Waals surface area contributed by atoms with E-state index in [2.05, 4.69) is 28.6 Å². The molecule has 2 aromatic rings. The molecule has 94 valence electrons. The molecule has 3 rings (SSSR count). The summed E-state index contributed by atoms with van der Waals surface area (Å²) in [6.07, 6.45) is 4.74. The van der Waals surface area contributed by atoms with Crippen molar-refractivity contribution >= 4 is 11.3 Å². The van der Waals surface area contributed by atoms with Crippen molar-refractivity contribution in [1.82, 2.24) is 4.98 Å². The van der Waals surface area contributed by atoms with Crippen LogP contribution in [0, 0.1) is 0 Å². The third kappa shape index (κ3) is 2.33. The van der Waals surface area contributed by atoms with Crippen molar-refractivity contribution in [3.8, 4) is 0 Å². The predicted molar refractivity (Wildman–Crippen MR) is 76.0 cm³/mol. The number of nitrogens with two attached hydrogens (primary N) is 1. The molecule has 0 amide bonds. The Morgan fingerprint density at radius 1 is 1.33 bits per heavy atom. The molecule has 0 fully saturated rings. The molecule has 1 atom stereocenters. The monoisotopic (exact) mass is 258 g/mol. The Balaban J connectivity index is 1.79. The SMILES string of the molecule is CC(N)c1csc(Cc2ccc3c(c2)CCC3)n1. The topological polar surface area (TPSA) is 38.9 Å². The van der Waals surface area contributed by atoms with Crippen LogP contribution in [0.25, 0.3) is 0 Å². The summed E-state index contributed by atoms with van der Waals surface area (Å²) in [5, 5.41) is 3.24. The van der Waals surface area contributed by atoms with Crippen LogP contribution in [0.1, 0.15) is 46.8 Å². The first kappa shape index (κ1) is 11.9. The molecule has 1 aromatic carbocycles. The van der Waals surface area contributed by atoms with Gasteiger partial charge in [0.05, 0.1) is 10.7 Å². The summed E-state index contributed by atoms with van der Waals surface area (Å²) in [6.45, 7) is 1.98. The highest BCUT2D eigenvalue weighted by molar-refractivity contribution is 7.09. The maximum absolute atomic E-state index is 5.84. The van der Waals surface area contributed by atoms with Gasteiger partial charge in [0.25, 0.3) is 0 Å². The van der Waals surface area contributed by atoms with Crippen LogP contribution in [-0.4, -0.2) is 4.98 Å². The Kier molecular flexibility index (Phi) is 3.18. The summed E-state index contributed by atoms with van der Waals surface area (Å²) in [5.74, 6) is 0. The van der Waals surface area contributed by atoms with E-state index >= 15 is 0 Å². The predicted octanol–water partition coefficient (Wildman–Crippen LogP) is 3.24. The fourth-order valence-corrected chi connectivity index (χ4v) is 3.46. The van der Waals surface area contributed by atoms with E-state index in [1.54, 1.807) is 11.3 Å². The van der Waals surface area contributed by atoms with Crippen LogP contribution in [0.15, 0.2) is 23.6 Å². The lowest BCUT2D eigenvalue weighted by atomic mass is 10.0. The number of fused-ring (bicyclic) bond motifs is 1. The Labute approximate surface area is 112 Å². The number of hydrogen-bond acceptors (Lipinski definition) is 3. The third-order valence-electron chi connectivity index (χ3n) is 3.55. The molecule has 0 spiro atoms. The van der Waals surface area contributed by atoms with Crippen LogP contribution in [-0.2, 0) is 19.3 Å². The molecule has 0 bridgehead atoms. The Hall–Kier alpha value is -1.19. The summed E-state index contributed by atoms with van der Waals surface area (Å²) in [4.78, 5) is 4.59. The van der Waals surface area contributed by atoms with Gasteiger partial charge in [-0.15, -0.1) is 11.3 Å². The second kappa shape index (κ2) is 4.82. The highest BCUT2D eigenvalue weighted by Gasteiger charge is 2.12. The first-order valence-electron chi connectivity index (χ1n) is 6.53. The smallest absolute Gasteiger partial charge is 0.0972 e. The van der Waals surface area contributed by atoms with Crippen molar-refractivity contribution in [2.45, 2.75) is 38.6 Å². The second-order valence-electron chi connectivity index (χ2n) is 5.09. The zero-order valence-corrected chi connectivity index (χ0v) is 11.5. The number of rotatable bonds is 3. The number of thiazole rings is 1. The van der Waals surface area contributed by atoms with Gasteiger partial charge in [0.15, 0.2) is 0 Å². The lowest BCUT2D eigenvalue weighted by molar-refractivity contribution is 0.784. The van der Waals surface area contributed by atoms with Crippen LogP contribution in [0.4, 0.5) is 0 Å². The van der Waals surface area contributed by atoms with Crippen molar-refractivity contribution < 1.29 is 0 Å². The van der Waals surface area contributed by atoms with Crippen LogP contribution in [0.5, 0.6) is 0 Å².